The Morgan fingerprint density at radius 1 is 1.23 bits per heavy atom. The molecule has 1 aromatic carbocycles. The molecule has 0 bridgehead atoms. The molecule has 0 amide bonds. The summed E-state index contributed by atoms with van der Waals surface area (Å²) in [5, 5.41) is 5.81. The van der Waals surface area contributed by atoms with Gasteiger partial charge in [-0.2, -0.15) is 5.10 Å². The maximum absolute atomic E-state index is 5.48. The van der Waals surface area contributed by atoms with Gasteiger partial charge in [0.2, 0.25) is 0 Å². The number of H-pyrrole nitrogens is 1. The van der Waals surface area contributed by atoms with E-state index in [-0.39, 0.29) is 6.04 Å². The van der Waals surface area contributed by atoms with E-state index in [1.807, 2.05) is 30.7 Å². The van der Waals surface area contributed by atoms with Crippen LogP contribution < -0.4 is 4.74 Å². The van der Waals surface area contributed by atoms with E-state index in [0.29, 0.717) is 0 Å². The summed E-state index contributed by atoms with van der Waals surface area (Å²) >= 11 is 0. The summed E-state index contributed by atoms with van der Waals surface area (Å²) in [7, 11) is 1.72. The van der Waals surface area contributed by atoms with Crippen LogP contribution >= 0.6 is 0 Å². The van der Waals surface area contributed by atoms with Gasteiger partial charge in [0.1, 0.15) is 5.75 Å². The first-order valence-electron chi connectivity index (χ1n) is 10.5. The smallest absolute Gasteiger partial charge is 0.119 e. The van der Waals surface area contributed by atoms with E-state index in [9.17, 15) is 0 Å². The zero-order valence-electron chi connectivity index (χ0n) is 17.7. The van der Waals surface area contributed by atoms with Crippen LogP contribution in [0.1, 0.15) is 41.0 Å². The number of hydrogen-bond acceptors (Lipinski definition) is 4. The fourth-order valence-corrected chi connectivity index (χ4v) is 4.71. The number of nitrogens with zero attached hydrogens (tertiary/aromatic N) is 4. The molecule has 4 heterocycles. The lowest BCUT2D eigenvalue weighted by Crippen LogP contribution is -2.35. The number of aromatic nitrogens is 4. The minimum atomic E-state index is 0.130. The van der Waals surface area contributed by atoms with E-state index in [4.69, 9.17) is 4.74 Å². The summed E-state index contributed by atoms with van der Waals surface area (Å²) < 4.78 is 7.55. The van der Waals surface area contributed by atoms with Gasteiger partial charge in [-0.05, 0) is 55.7 Å². The molecule has 0 saturated heterocycles. The van der Waals surface area contributed by atoms with Crippen molar-refractivity contribution in [2.45, 2.75) is 39.4 Å². The summed E-state index contributed by atoms with van der Waals surface area (Å²) in [6.07, 6.45) is 6.84. The molecule has 1 N–H and O–H groups in total. The van der Waals surface area contributed by atoms with Gasteiger partial charge in [-0.1, -0.05) is 6.07 Å². The van der Waals surface area contributed by atoms with Crippen molar-refractivity contribution in [2.24, 2.45) is 0 Å². The Bertz CT molecular complexity index is 1180. The van der Waals surface area contributed by atoms with Crippen LogP contribution in [0.15, 0.2) is 48.9 Å². The molecule has 6 nitrogen and oxygen atoms in total. The monoisotopic (exact) mass is 401 g/mol. The second kappa shape index (κ2) is 7.61. The van der Waals surface area contributed by atoms with Gasteiger partial charge in [-0.3, -0.25) is 14.6 Å². The molecule has 0 radical (unpaired) electrons. The molecular weight excluding hydrogens is 374 g/mol. The molecule has 0 unspecified atom stereocenters. The summed E-state index contributed by atoms with van der Waals surface area (Å²) in [5.74, 6) is 0.896. The highest BCUT2D eigenvalue weighted by Gasteiger charge is 2.32. The number of rotatable bonds is 5. The van der Waals surface area contributed by atoms with Crippen molar-refractivity contribution in [3.05, 3.63) is 77.0 Å². The maximum atomic E-state index is 5.48. The van der Waals surface area contributed by atoms with Crippen molar-refractivity contribution in [3.8, 4) is 5.75 Å². The Hall–Kier alpha value is -3.12. The lowest BCUT2D eigenvalue weighted by molar-refractivity contribution is 0.201. The van der Waals surface area contributed by atoms with Crippen molar-refractivity contribution < 1.29 is 4.74 Å². The average molecular weight is 402 g/mol. The standard InChI is InChI=1S/C24H27N5O/c1-4-29-16(2)18(14-26-29)15-28-11-9-20-21-12-19(30-3)7-8-22(21)27-23(20)24(28)17-6-5-10-25-13-17/h5-8,10,12-14,24,27H,4,9,11,15H2,1-3H3/t24-/m1/s1. The number of hydrogen-bond donors (Lipinski definition) is 1. The Morgan fingerprint density at radius 2 is 2.13 bits per heavy atom. The predicted octanol–water partition coefficient (Wildman–Crippen LogP) is 4.24. The fourth-order valence-electron chi connectivity index (χ4n) is 4.71. The average Bonchev–Trinajstić information content (AvgIpc) is 3.33. The molecule has 1 aliphatic rings. The number of nitrogens with one attached hydrogen (secondary N) is 1. The highest BCUT2D eigenvalue weighted by molar-refractivity contribution is 5.86. The summed E-state index contributed by atoms with van der Waals surface area (Å²) in [6.45, 7) is 7.03. The summed E-state index contributed by atoms with van der Waals surface area (Å²) in [5.41, 5.74) is 7.54. The lowest BCUT2D eigenvalue weighted by Gasteiger charge is -2.36. The van der Waals surface area contributed by atoms with Gasteiger partial charge in [0.05, 0.1) is 19.3 Å². The van der Waals surface area contributed by atoms with Crippen LogP contribution in [0.25, 0.3) is 10.9 Å². The third kappa shape index (κ3) is 3.08. The van der Waals surface area contributed by atoms with Crippen molar-refractivity contribution >= 4 is 10.9 Å². The second-order valence-corrected chi connectivity index (χ2v) is 7.91. The van der Waals surface area contributed by atoms with Crippen LogP contribution in [-0.4, -0.2) is 38.3 Å². The highest BCUT2D eigenvalue weighted by atomic mass is 16.5. The first-order valence-corrected chi connectivity index (χ1v) is 10.5. The highest BCUT2D eigenvalue weighted by Crippen LogP contribution is 2.39. The fraction of sp³-hybridized carbons (Fsp3) is 0.333. The molecule has 30 heavy (non-hydrogen) atoms. The lowest BCUT2D eigenvalue weighted by atomic mass is 9.92. The zero-order chi connectivity index (χ0) is 20.7. The van der Waals surface area contributed by atoms with Crippen LogP contribution in [0, 0.1) is 6.92 Å². The van der Waals surface area contributed by atoms with E-state index in [1.54, 1.807) is 7.11 Å². The minimum absolute atomic E-state index is 0.130. The van der Waals surface area contributed by atoms with Gasteiger partial charge < -0.3 is 9.72 Å². The van der Waals surface area contributed by atoms with Crippen molar-refractivity contribution in [1.29, 1.82) is 0 Å². The van der Waals surface area contributed by atoms with Crippen molar-refractivity contribution in [1.82, 2.24) is 24.6 Å². The zero-order valence-corrected chi connectivity index (χ0v) is 17.7. The minimum Gasteiger partial charge on any atom is -0.497 e. The second-order valence-electron chi connectivity index (χ2n) is 7.91. The SMILES string of the molecule is CCn1ncc(CN2CCc3c([nH]c4ccc(OC)cc34)[C@H]2c2cccnc2)c1C. The van der Waals surface area contributed by atoms with E-state index < -0.39 is 0 Å². The van der Waals surface area contributed by atoms with E-state index in [2.05, 4.69) is 56.7 Å². The topological polar surface area (TPSA) is 59.0 Å². The largest absolute Gasteiger partial charge is 0.497 e. The molecule has 3 aromatic heterocycles. The number of aromatic amines is 1. The summed E-state index contributed by atoms with van der Waals surface area (Å²) in [4.78, 5) is 10.7. The van der Waals surface area contributed by atoms with E-state index in [1.165, 1.54) is 33.5 Å². The van der Waals surface area contributed by atoms with Gasteiger partial charge in [-0.15, -0.1) is 0 Å². The third-order valence-corrected chi connectivity index (χ3v) is 6.31. The molecule has 154 valence electrons. The quantitative estimate of drug-likeness (QED) is 0.543. The van der Waals surface area contributed by atoms with Gasteiger partial charge in [0.15, 0.2) is 0 Å². The van der Waals surface area contributed by atoms with Gasteiger partial charge in [0.25, 0.3) is 0 Å². The molecule has 0 saturated carbocycles. The Kier molecular flexibility index (Phi) is 4.79. The molecule has 6 heteroatoms. The summed E-state index contributed by atoms with van der Waals surface area (Å²) in [6, 6.07) is 10.6. The van der Waals surface area contributed by atoms with Crippen molar-refractivity contribution in [3.63, 3.8) is 0 Å². The normalized spacial score (nSPS) is 16.7. The number of methoxy groups -OCH3 is 1. The number of aryl methyl sites for hydroxylation is 1. The molecule has 0 aliphatic carbocycles. The molecule has 0 spiro atoms. The van der Waals surface area contributed by atoms with Crippen LogP contribution in [0.3, 0.4) is 0 Å². The number of ether oxygens (including phenoxy) is 1. The Balaban J connectivity index is 1.60. The molecular formula is C24H27N5O. The van der Waals surface area contributed by atoms with Crippen LogP contribution in [0.2, 0.25) is 0 Å². The number of benzene rings is 1. The number of fused-ring (bicyclic) bond motifs is 3. The van der Waals surface area contributed by atoms with Gasteiger partial charge in [0, 0.05) is 59.9 Å². The molecule has 4 aromatic rings. The van der Waals surface area contributed by atoms with Crippen molar-refractivity contribution in [2.75, 3.05) is 13.7 Å². The third-order valence-electron chi connectivity index (χ3n) is 6.31. The Morgan fingerprint density at radius 3 is 2.87 bits per heavy atom. The van der Waals surface area contributed by atoms with Crippen LogP contribution in [-0.2, 0) is 19.5 Å². The first kappa shape index (κ1) is 18.9. The van der Waals surface area contributed by atoms with E-state index in [0.717, 1.165) is 37.3 Å². The Labute approximate surface area is 176 Å². The van der Waals surface area contributed by atoms with Gasteiger partial charge in [-0.25, -0.2) is 0 Å². The molecule has 0 fully saturated rings. The first-order chi connectivity index (χ1) is 14.7. The molecule has 5 rings (SSSR count). The van der Waals surface area contributed by atoms with Crippen LogP contribution in [0.5, 0.6) is 5.75 Å². The molecule has 1 aliphatic heterocycles. The number of pyridine rings is 1. The van der Waals surface area contributed by atoms with Gasteiger partial charge >= 0.3 is 0 Å². The predicted molar refractivity (Wildman–Crippen MR) is 118 cm³/mol. The molecule has 1 atom stereocenters. The maximum Gasteiger partial charge on any atom is 0.119 e. The van der Waals surface area contributed by atoms with Crippen LogP contribution in [0.4, 0.5) is 0 Å². The van der Waals surface area contributed by atoms with E-state index >= 15 is 0 Å².